The van der Waals surface area contributed by atoms with Crippen LogP contribution in [0.4, 0.5) is 0 Å². The summed E-state index contributed by atoms with van der Waals surface area (Å²) in [6, 6.07) is 0. The predicted octanol–water partition coefficient (Wildman–Crippen LogP) is 4.32. The number of hydrogen-bond acceptors (Lipinski definition) is 0. The van der Waals surface area contributed by atoms with Crippen LogP contribution in [0.3, 0.4) is 0 Å². The summed E-state index contributed by atoms with van der Waals surface area (Å²) in [5, 5.41) is 0. The SMILES string of the molecule is C=CC.CCC[CH2][Sn][CH2]CCC. The van der Waals surface area contributed by atoms with Gasteiger partial charge in [-0.05, 0) is 6.92 Å². The van der Waals surface area contributed by atoms with Crippen molar-refractivity contribution in [2.24, 2.45) is 0 Å². The van der Waals surface area contributed by atoms with E-state index in [2.05, 4.69) is 20.4 Å². The zero-order chi connectivity index (χ0) is 9.66. The summed E-state index contributed by atoms with van der Waals surface area (Å²) in [4.78, 5) is 0. The average molecular weight is 275 g/mol. The maximum atomic E-state index is 3.36. The average Bonchev–Trinajstić information content (AvgIpc) is 2.06. The molecule has 0 N–H and O–H groups in total. The molecule has 0 aromatic rings. The van der Waals surface area contributed by atoms with E-state index in [1.807, 2.05) is 6.92 Å². The summed E-state index contributed by atoms with van der Waals surface area (Å²) < 4.78 is 3.25. The molecule has 0 aromatic carbocycles. The van der Waals surface area contributed by atoms with Crippen molar-refractivity contribution in [3.63, 3.8) is 0 Å². The Morgan fingerprint density at radius 1 is 1.08 bits per heavy atom. The molecule has 0 aromatic heterocycles. The minimum absolute atomic E-state index is 0.149. The second-order valence-electron chi connectivity index (χ2n) is 2.87. The molecule has 2 radical (unpaired) electrons. The van der Waals surface area contributed by atoms with Gasteiger partial charge in [0.15, 0.2) is 0 Å². The fraction of sp³-hybridized carbons (Fsp3) is 0.818. The van der Waals surface area contributed by atoms with Gasteiger partial charge < -0.3 is 0 Å². The van der Waals surface area contributed by atoms with Crippen molar-refractivity contribution in [3.8, 4) is 0 Å². The fourth-order valence-electron chi connectivity index (χ4n) is 0.729. The van der Waals surface area contributed by atoms with Gasteiger partial charge in [0.05, 0.1) is 0 Å². The van der Waals surface area contributed by atoms with Crippen LogP contribution in [-0.4, -0.2) is 21.1 Å². The van der Waals surface area contributed by atoms with Crippen LogP contribution in [0.15, 0.2) is 12.7 Å². The molecular weight excluding hydrogens is 251 g/mol. The summed E-state index contributed by atoms with van der Waals surface area (Å²) in [6.45, 7) is 9.83. The molecule has 0 fully saturated rings. The van der Waals surface area contributed by atoms with Gasteiger partial charge in [-0.1, -0.05) is 6.08 Å². The van der Waals surface area contributed by atoms with E-state index >= 15 is 0 Å². The van der Waals surface area contributed by atoms with Crippen LogP contribution in [0, 0.1) is 0 Å². The van der Waals surface area contributed by atoms with Gasteiger partial charge >= 0.3 is 69.5 Å². The van der Waals surface area contributed by atoms with Crippen molar-refractivity contribution >= 4 is 21.1 Å². The van der Waals surface area contributed by atoms with E-state index in [9.17, 15) is 0 Å². The van der Waals surface area contributed by atoms with Crippen LogP contribution in [0.25, 0.3) is 0 Å². The molecular formula is C11H24Sn. The van der Waals surface area contributed by atoms with E-state index in [4.69, 9.17) is 0 Å². The first-order valence-corrected chi connectivity index (χ1v) is 9.14. The van der Waals surface area contributed by atoms with Gasteiger partial charge in [0, 0.05) is 0 Å². The van der Waals surface area contributed by atoms with Gasteiger partial charge in [-0.25, -0.2) is 0 Å². The molecule has 0 aliphatic heterocycles. The van der Waals surface area contributed by atoms with Crippen LogP contribution < -0.4 is 0 Å². The second-order valence-corrected chi connectivity index (χ2v) is 7.15. The number of unbranched alkanes of at least 4 members (excludes halogenated alkanes) is 2. The molecule has 0 bridgehead atoms. The van der Waals surface area contributed by atoms with E-state index in [1.165, 1.54) is 25.7 Å². The van der Waals surface area contributed by atoms with Crippen molar-refractivity contribution in [1.29, 1.82) is 0 Å². The van der Waals surface area contributed by atoms with Crippen molar-refractivity contribution in [2.45, 2.75) is 55.3 Å². The normalized spacial score (nSPS) is 8.58. The summed E-state index contributed by atoms with van der Waals surface area (Å²) in [5.74, 6) is 0. The van der Waals surface area contributed by atoms with Crippen LogP contribution in [0.5, 0.6) is 0 Å². The topological polar surface area (TPSA) is 0 Å². The van der Waals surface area contributed by atoms with Crippen molar-refractivity contribution in [3.05, 3.63) is 12.7 Å². The van der Waals surface area contributed by atoms with Crippen molar-refractivity contribution < 1.29 is 0 Å². The van der Waals surface area contributed by atoms with Crippen LogP contribution in [0.2, 0.25) is 8.87 Å². The Balaban J connectivity index is 0. The zero-order valence-electron chi connectivity index (χ0n) is 9.03. The summed E-state index contributed by atoms with van der Waals surface area (Å²) in [6.07, 6.45) is 7.59. The third kappa shape index (κ3) is 22.4. The monoisotopic (exact) mass is 276 g/mol. The first-order valence-electron chi connectivity index (χ1n) is 5.11. The van der Waals surface area contributed by atoms with E-state index in [0.29, 0.717) is 0 Å². The standard InChI is InChI=1S/2C4H9.C3H6.Sn/c2*1-3-4-2;1-3-2;/h2*1,3-4H2,2H3;3H,1H2,2H3;. The quantitative estimate of drug-likeness (QED) is 0.384. The molecule has 1 heteroatoms. The van der Waals surface area contributed by atoms with Gasteiger partial charge in [-0.2, -0.15) is 0 Å². The van der Waals surface area contributed by atoms with Crippen LogP contribution >= 0.6 is 0 Å². The summed E-state index contributed by atoms with van der Waals surface area (Å²) in [7, 11) is 0. The molecule has 0 nitrogen and oxygen atoms in total. The number of rotatable bonds is 6. The van der Waals surface area contributed by atoms with Gasteiger partial charge in [-0.15, -0.1) is 6.58 Å². The molecule has 0 aliphatic carbocycles. The first kappa shape index (κ1) is 15.0. The van der Waals surface area contributed by atoms with Crippen molar-refractivity contribution in [1.82, 2.24) is 0 Å². The van der Waals surface area contributed by atoms with Gasteiger partial charge in [0.25, 0.3) is 0 Å². The zero-order valence-corrected chi connectivity index (χ0v) is 11.9. The van der Waals surface area contributed by atoms with Gasteiger partial charge in [-0.3, -0.25) is 0 Å². The Kier molecular flexibility index (Phi) is 22.0. The van der Waals surface area contributed by atoms with E-state index in [-0.39, 0.29) is 21.1 Å². The molecule has 0 saturated heterocycles. The molecule has 0 heterocycles. The third-order valence-electron chi connectivity index (χ3n) is 1.41. The van der Waals surface area contributed by atoms with Crippen molar-refractivity contribution in [2.75, 3.05) is 0 Å². The Labute approximate surface area is 89.0 Å². The maximum absolute atomic E-state index is 3.36. The molecule has 0 saturated carbocycles. The van der Waals surface area contributed by atoms with E-state index in [1.54, 1.807) is 14.9 Å². The molecule has 0 spiro atoms. The molecule has 12 heavy (non-hydrogen) atoms. The van der Waals surface area contributed by atoms with E-state index < -0.39 is 0 Å². The summed E-state index contributed by atoms with van der Waals surface area (Å²) >= 11 is 0.149. The Hall–Kier alpha value is 0.539. The minimum atomic E-state index is 0.149. The van der Waals surface area contributed by atoms with Gasteiger partial charge in [0.1, 0.15) is 0 Å². The number of hydrogen-bond donors (Lipinski definition) is 0. The Morgan fingerprint density at radius 3 is 1.67 bits per heavy atom. The molecule has 0 rings (SSSR count). The molecule has 0 aliphatic rings. The van der Waals surface area contributed by atoms with Crippen LogP contribution in [0.1, 0.15) is 46.5 Å². The Morgan fingerprint density at radius 2 is 1.42 bits per heavy atom. The predicted molar refractivity (Wildman–Crippen MR) is 61.1 cm³/mol. The van der Waals surface area contributed by atoms with Gasteiger partial charge in [0.2, 0.25) is 0 Å². The summed E-state index contributed by atoms with van der Waals surface area (Å²) in [5.41, 5.74) is 0. The second kappa shape index (κ2) is 17.6. The molecule has 0 amide bonds. The van der Waals surface area contributed by atoms with Crippen LogP contribution in [-0.2, 0) is 0 Å². The Bertz CT molecular complexity index is 63.4. The fourth-order valence-corrected chi connectivity index (χ4v) is 4.89. The number of allylic oxidation sites excluding steroid dienone is 1. The molecule has 0 unspecified atom stereocenters. The third-order valence-corrected chi connectivity index (χ3v) is 5.45. The van der Waals surface area contributed by atoms with E-state index in [0.717, 1.165) is 0 Å². The first-order chi connectivity index (χ1) is 5.83. The molecule has 72 valence electrons. The molecule has 0 atom stereocenters.